The largest absolute Gasteiger partial charge is 0.331 e. The molecule has 1 aromatic heterocycles. The summed E-state index contributed by atoms with van der Waals surface area (Å²) in [4.78, 5) is 35.0. The van der Waals surface area contributed by atoms with E-state index in [1.54, 1.807) is 0 Å². The Morgan fingerprint density at radius 3 is 2.17 bits per heavy atom. The molecule has 180 valence electrons. The van der Waals surface area contributed by atoms with Crippen LogP contribution in [0.3, 0.4) is 0 Å². The molecule has 6 nitrogen and oxygen atoms in total. The molecule has 0 bridgehead atoms. The van der Waals surface area contributed by atoms with Gasteiger partial charge in [0, 0.05) is 37.8 Å². The highest BCUT2D eigenvalue weighted by Gasteiger charge is 2.31. The molecule has 3 heterocycles. The van der Waals surface area contributed by atoms with Crippen molar-refractivity contribution in [2.45, 2.75) is 51.7 Å². The van der Waals surface area contributed by atoms with Crippen LogP contribution in [0.1, 0.15) is 70.2 Å². The summed E-state index contributed by atoms with van der Waals surface area (Å²) in [5, 5.41) is 3.12. The summed E-state index contributed by atoms with van der Waals surface area (Å²) in [7, 11) is 0. The van der Waals surface area contributed by atoms with E-state index in [4.69, 9.17) is 4.98 Å². The number of rotatable bonds is 4. The number of nitrogens with zero attached hydrogens (tertiary/aromatic N) is 3. The third-order valence-corrected chi connectivity index (χ3v) is 7.23. The van der Waals surface area contributed by atoms with Crippen molar-refractivity contribution in [3.63, 3.8) is 0 Å². The summed E-state index contributed by atoms with van der Waals surface area (Å²) in [5.41, 5.74) is 6.01. The van der Waals surface area contributed by atoms with Gasteiger partial charge in [-0.1, -0.05) is 54.6 Å². The maximum atomic E-state index is 13.5. The van der Waals surface area contributed by atoms with Gasteiger partial charge in [-0.2, -0.15) is 0 Å². The molecule has 3 aromatic rings. The van der Waals surface area contributed by atoms with E-state index in [0.29, 0.717) is 31.7 Å². The number of aromatic nitrogens is 1. The van der Waals surface area contributed by atoms with Gasteiger partial charge in [0.05, 0.1) is 17.3 Å². The van der Waals surface area contributed by atoms with Crippen molar-refractivity contribution in [3.05, 3.63) is 100 Å². The molecule has 5 rings (SSSR count). The SMILES string of the molecule is Cc1ccc(C(=O)N2Cc3ccccc3C2)c(C2CCN(C(=O)NC(C)c3ccccc3)CC2)n1. The van der Waals surface area contributed by atoms with Gasteiger partial charge >= 0.3 is 6.03 Å². The summed E-state index contributed by atoms with van der Waals surface area (Å²) in [6.07, 6.45) is 1.59. The Kier molecular flexibility index (Phi) is 6.53. The van der Waals surface area contributed by atoms with E-state index in [-0.39, 0.29) is 23.9 Å². The Bertz CT molecular complexity index is 1190. The van der Waals surface area contributed by atoms with Crippen molar-refractivity contribution >= 4 is 11.9 Å². The summed E-state index contributed by atoms with van der Waals surface area (Å²) >= 11 is 0. The minimum Gasteiger partial charge on any atom is -0.331 e. The molecule has 0 radical (unpaired) electrons. The van der Waals surface area contributed by atoms with Crippen LogP contribution in [0.4, 0.5) is 4.79 Å². The first kappa shape index (κ1) is 23.1. The van der Waals surface area contributed by atoms with Crippen molar-refractivity contribution < 1.29 is 9.59 Å². The quantitative estimate of drug-likeness (QED) is 0.573. The van der Waals surface area contributed by atoms with Gasteiger partial charge in [-0.3, -0.25) is 9.78 Å². The van der Waals surface area contributed by atoms with E-state index in [2.05, 4.69) is 17.4 Å². The molecule has 0 aliphatic carbocycles. The van der Waals surface area contributed by atoms with Gasteiger partial charge < -0.3 is 15.1 Å². The Balaban J connectivity index is 1.25. The number of hydrogen-bond donors (Lipinski definition) is 1. The molecule has 2 aliphatic heterocycles. The average molecular weight is 469 g/mol. The van der Waals surface area contributed by atoms with Crippen LogP contribution in [0.5, 0.6) is 0 Å². The van der Waals surface area contributed by atoms with E-state index < -0.39 is 0 Å². The first-order chi connectivity index (χ1) is 17.0. The highest BCUT2D eigenvalue weighted by Crippen LogP contribution is 2.32. The van der Waals surface area contributed by atoms with Gasteiger partial charge in [-0.15, -0.1) is 0 Å². The number of fused-ring (bicyclic) bond motifs is 1. The van der Waals surface area contributed by atoms with Crippen LogP contribution in [0.2, 0.25) is 0 Å². The fourth-order valence-corrected chi connectivity index (χ4v) is 5.17. The van der Waals surface area contributed by atoms with Crippen LogP contribution in [-0.2, 0) is 13.1 Å². The van der Waals surface area contributed by atoms with Crippen LogP contribution < -0.4 is 5.32 Å². The van der Waals surface area contributed by atoms with Crippen molar-refractivity contribution in [1.29, 1.82) is 0 Å². The number of hydrogen-bond acceptors (Lipinski definition) is 3. The molecule has 35 heavy (non-hydrogen) atoms. The Hall–Kier alpha value is -3.67. The lowest BCUT2D eigenvalue weighted by molar-refractivity contribution is 0.0748. The molecule has 0 spiro atoms. The van der Waals surface area contributed by atoms with Crippen molar-refractivity contribution in [1.82, 2.24) is 20.1 Å². The Morgan fingerprint density at radius 1 is 0.886 bits per heavy atom. The number of benzene rings is 2. The fraction of sp³-hybridized carbons (Fsp3) is 0.345. The zero-order chi connectivity index (χ0) is 24.4. The third kappa shape index (κ3) is 4.92. The second-order valence-corrected chi connectivity index (χ2v) is 9.66. The lowest BCUT2D eigenvalue weighted by Gasteiger charge is -2.33. The highest BCUT2D eigenvalue weighted by molar-refractivity contribution is 5.95. The first-order valence-electron chi connectivity index (χ1n) is 12.4. The maximum Gasteiger partial charge on any atom is 0.317 e. The van der Waals surface area contributed by atoms with E-state index in [1.807, 2.05) is 78.2 Å². The Morgan fingerprint density at radius 2 is 1.51 bits per heavy atom. The van der Waals surface area contributed by atoms with Crippen molar-refractivity contribution in [2.75, 3.05) is 13.1 Å². The molecule has 3 amide bonds. The predicted molar refractivity (Wildman–Crippen MR) is 136 cm³/mol. The number of likely N-dealkylation sites (tertiary alicyclic amines) is 1. The number of carbonyl (C=O) groups is 2. The number of aryl methyl sites for hydroxylation is 1. The van der Waals surface area contributed by atoms with Gasteiger partial charge in [-0.05, 0) is 55.5 Å². The van der Waals surface area contributed by atoms with Crippen molar-refractivity contribution in [2.24, 2.45) is 0 Å². The topological polar surface area (TPSA) is 65.5 Å². The van der Waals surface area contributed by atoms with E-state index >= 15 is 0 Å². The van der Waals surface area contributed by atoms with Crippen LogP contribution in [0.15, 0.2) is 66.7 Å². The molecule has 2 aliphatic rings. The third-order valence-electron chi connectivity index (χ3n) is 7.23. The number of piperidine rings is 1. The molecule has 1 saturated heterocycles. The van der Waals surface area contributed by atoms with Gasteiger partial charge in [0.15, 0.2) is 0 Å². The number of nitrogens with one attached hydrogen (secondary N) is 1. The second kappa shape index (κ2) is 9.90. The molecule has 6 heteroatoms. The summed E-state index contributed by atoms with van der Waals surface area (Å²) in [5.74, 6) is 0.204. The van der Waals surface area contributed by atoms with Crippen LogP contribution >= 0.6 is 0 Å². The molecular formula is C29H32N4O2. The smallest absolute Gasteiger partial charge is 0.317 e. The fourth-order valence-electron chi connectivity index (χ4n) is 5.17. The molecule has 0 saturated carbocycles. The normalized spacial score (nSPS) is 16.6. The molecule has 2 aromatic carbocycles. The molecular weight excluding hydrogens is 436 g/mol. The van der Waals surface area contributed by atoms with Crippen molar-refractivity contribution in [3.8, 4) is 0 Å². The molecule has 1 fully saturated rings. The molecule has 1 N–H and O–H groups in total. The molecule has 1 atom stereocenters. The maximum absolute atomic E-state index is 13.5. The first-order valence-corrected chi connectivity index (χ1v) is 12.4. The van der Waals surface area contributed by atoms with Gasteiger partial charge in [0.2, 0.25) is 0 Å². The molecule has 1 unspecified atom stereocenters. The van der Waals surface area contributed by atoms with Gasteiger partial charge in [0.25, 0.3) is 5.91 Å². The zero-order valence-corrected chi connectivity index (χ0v) is 20.4. The van der Waals surface area contributed by atoms with Crippen LogP contribution in [0, 0.1) is 6.92 Å². The average Bonchev–Trinajstić information content (AvgIpc) is 3.33. The summed E-state index contributed by atoms with van der Waals surface area (Å²) < 4.78 is 0. The van der Waals surface area contributed by atoms with Gasteiger partial charge in [0.1, 0.15) is 0 Å². The number of pyridine rings is 1. The summed E-state index contributed by atoms with van der Waals surface area (Å²) in [6, 6.07) is 22.0. The number of urea groups is 1. The highest BCUT2D eigenvalue weighted by atomic mass is 16.2. The van der Waals surface area contributed by atoms with E-state index in [0.717, 1.165) is 29.8 Å². The summed E-state index contributed by atoms with van der Waals surface area (Å²) in [6.45, 7) is 6.55. The lowest BCUT2D eigenvalue weighted by Crippen LogP contribution is -2.45. The number of carbonyl (C=O) groups excluding carboxylic acids is 2. The van der Waals surface area contributed by atoms with Crippen LogP contribution in [0.25, 0.3) is 0 Å². The van der Waals surface area contributed by atoms with Crippen LogP contribution in [-0.4, -0.2) is 39.8 Å². The second-order valence-electron chi connectivity index (χ2n) is 9.66. The van der Waals surface area contributed by atoms with E-state index in [9.17, 15) is 9.59 Å². The van der Waals surface area contributed by atoms with E-state index in [1.165, 1.54) is 11.1 Å². The Labute approximate surface area is 207 Å². The number of amides is 3. The monoisotopic (exact) mass is 468 g/mol. The zero-order valence-electron chi connectivity index (χ0n) is 20.4. The minimum absolute atomic E-state index is 0.0388. The van der Waals surface area contributed by atoms with Gasteiger partial charge in [-0.25, -0.2) is 4.79 Å². The minimum atomic E-state index is -0.0475. The lowest BCUT2D eigenvalue weighted by atomic mass is 9.89. The standard InChI is InChI=1S/C29H32N4O2/c1-20-12-13-26(28(34)33-18-24-10-6-7-11-25(24)19-33)27(30-20)23-14-16-32(17-15-23)29(35)31-21(2)22-8-4-3-5-9-22/h3-13,21,23H,14-19H2,1-2H3,(H,31,35). The predicted octanol–water partition coefficient (Wildman–Crippen LogP) is 5.20.